The van der Waals surface area contributed by atoms with Gasteiger partial charge >= 0.3 is 0 Å². The molecule has 1 N–H and O–H groups in total. The molecule has 136 valence electrons. The highest BCUT2D eigenvalue weighted by Gasteiger charge is 2.22. The number of hydrogen-bond donors (Lipinski definition) is 1. The standard InChI is InChI=1S/C19H20N2O4S/c1-12-17(18(25-21-12)16-5-4-10-26-16)19(22)20-9-8-13-6-7-14(23-2)15(11-13)24-3/h4-7,10-11H,8-9H2,1-3H3,(H,20,22). The van der Waals surface area contributed by atoms with Gasteiger partial charge in [-0.25, -0.2) is 0 Å². The molecular weight excluding hydrogens is 352 g/mol. The molecule has 2 heterocycles. The van der Waals surface area contributed by atoms with E-state index in [1.54, 1.807) is 21.1 Å². The van der Waals surface area contributed by atoms with E-state index >= 15 is 0 Å². The molecule has 1 amide bonds. The molecule has 0 spiro atoms. The third-order valence-electron chi connectivity index (χ3n) is 3.98. The zero-order valence-corrected chi connectivity index (χ0v) is 15.7. The van der Waals surface area contributed by atoms with Gasteiger partial charge in [-0.1, -0.05) is 17.3 Å². The topological polar surface area (TPSA) is 73.6 Å². The van der Waals surface area contributed by atoms with Crippen LogP contribution in [0, 0.1) is 6.92 Å². The van der Waals surface area contributed by atoms with Crippen molar-refractivity contribution >= 4 is 17.2 Å². The number of aromatic nitrogens is 1. The van der Waals surface area contributed by atoms with Gasteiger partial charge in [-0.15, -0.1) is 11.3 Å². The lowest BCUT2D eigenvalue weighted by molar-refractivity contribution is 0.0954. The summed E-state index contributed by atoms with van der Waals surface area (Å²) >= 11 is 1.51. The van der Waals surface area contributed by atoms with Gasteiger partial charge in [0.25, 0.3) is 5.91 Å². The van der Waals surface area contributed by atoms with Crippen molar-refractivity contribution in [2.24, 2.45) is 0 Å². The Morgan fingerprint density at radius 3 is 2.73 bits per heavy atom. The van der Waals surface area contributed by atoms with Crippen molar-refractivity contribution in [3.63, 3.8) is 0 Å². The van der Waals surface area contributed by atoms with Gasteiger partial charge in [-0.3, -0.25) is 4.79 Å². The predicted octanol–water partition coefficient (Wildman–Crippen LogP) is 3.70. The van der Waals surface area contributed by atoms with E-state index < -0.39 is 0 Å². The van der Waals surface area contributed by atoms with Crippen molar-refractivity contribution in [1.82, 2.24) is 10.5 Å². The maximum Gasteiger partial charge on any atom is 0.257 e. The Bertz CT molecular complexity index is 887. The highest BCUT2D eigenvalue weighted by molar-refractivity contribution is 7.13. The van der Waals surface area contributed by atoms with Gasteiger partial charge in [-0.2, -0.15) is 0 Å². The van der Waals surface area contributed by atoms with Crippen LogP contribution < -0.4 is 14.8 Å². The number of aryl methyl sites for hydroxylation is 1. The summed E-state index contributed by atoms with van der Waals surface area (Å²) in [6, 6.07) is 9.54. The Hall–Kier alpha value is -2.80. The number of ether oxygens (including phenoxy) is 2. The monoisotopic (exact) mass is 372 g/mol. The maximum atomic E-state index is 12.6. The van der Waals surface area contributed by atoms with Gasteiger partial charge in [0.1, 0.15) is 5.56 Å². The van der Waals surface area contributed by atoms with E-state index in [0.29, 0.717) is 41.5 Å². The minimum absolute atomic E-state index is 0.187. The molecule has 0 aliphatic heterocycles. The van der Waals surface area contributed by atoms with Crippen LogP contribution in [0.15, 0.2) is 40.2 Å². The van der Waals surface area contributed by atoms with Crippen molar-refractivity contribution in [3.05, 3.63) is 52.5 Å². The molecule has 0 radical (unpaired) electrons. The molecule has 2 aromatic heterocycles. The van der Waals surface area contributed by atoms with Gasteiger partial charge in [0, 0.05) is 6.54 Å². The molecule has 1 aromatic carbocycles. The number of carbonyl (C=O) groups excluding carboxylic acids is 1. The Labute approximate surface area is 155 Å². The van der Waals surface area contributed by atoms with Crippen molar-refractivity contribution < 1.29 is 18.8 Å². The number of amides is 1. The number of thiophene rings is 1. The molecule has 0 saturated carbocycles. The largest absolute Gasteiger partial charge is 0.493 e. The van der Waals surface area contributed by atoms with Crippen LogP contribution in [0.3, 0.4) is 0 Å². The van der Waals surface area contributed by atoms with Crippen molar-refractivity contribution in [3.8, 4) is 22.1 Å². The summed E-state index contributed by atoms with van der Waals surface area (Å²) in [4.78, 5) is 13.5. The Kier molecular flexibility index (Phi) is 5.58. The third-order valence-corrected chi connectivity index (χ3v) is 4.85. The lowest BCUT2D eigenvalue weighted by Crippen LogP contribution is -2.26. The molecule has 3 rings (SSSR count). The molecule has 26 heavy (non-hydrogen) atoms. The van der Waals surface area contributed by atoms with E-state index in [0.717, 1.165) is 10.4 Å². The van der Waals surface area contributed by atoms with E-state index in [4.69, 9.17) is 14.0 Å². The van der Waals surface area contributed by atoms with Crippen molar-refractivity contribution in [2.75, 3.05) is 20.8 Å². The lowest BCUT2D eigenvalue weighted by atomic mass is 10.1. The highest BCUT2D eigenvalue weighted by Crippen LogP contribution is 2.30. The number of methoxy groups -OCH3 is 2. The molecule has 6 nitrogen and oxygen atoms in total. The van der Waals surface area contributed by atoms with Gasteiger partial charge in [0.15, 0.2) is 17.3 Å². The lowest BCUT2D eigenvalue weighted by Gasteiger charge is -2.10. The maximum absolute atomic E-state index is 12.6. The fourth-order valence-corrected chi connectivity index (χ4v) is 3.37. The van der Waals surface area contributed by atoms with Crippen LogP contribution in [0.2, 0.25) is 0 Å². The van der Waals surface area contributed by atoms with Crippen LogP contribution in [0.4, 0.5) is 0 Å². The van der Waals surface area contributed by atoms with Gasteiger partial charge in [0.05, 0.1) is 24.8 Å². The molecule has 7 heteroatoms. The number of benzene rings is 1. The van der Waals surface area contributed by atoms with Crippen LogP contribution in [0.5, 0.6) is 11.5 Å². The summed E-state index contributed by atoms with van der Waals surface area (Å²) in [5.41, 5.74) is 2.11. The van der Waals surface area contributed by atoms with Crippen molar-refractivity contribution in [2.45, 2.75) is 13.3 Å². The molecule has 0 aliphatic carbocycles. The van der Waals surface area contributed by atoms with E-state index in [-0.39, 0.29) is 5.91 Å². The second-order valence-corrected chi connectivity index (χ2v) is 6.59. The zero-order chi connectivity index (χ0) is 18.5. The quantitative estimate of drug-likeness (QED) is 0.684. The summed E-state index contributed by atoms with van der Waals surface area (Å²) < 4.78 is 15.9. The van der Waals surface area contributed by atoms with Gasteiger partial charge in [0.2, 0.25) is 0 Å². The number of carbonyl (C=O) groups is 1. The molecule has 0 bridgehead atoms. The van der Waals surface area contributed by atoms with E-state index in [1.807, 2.05) is 35.7 Å². The van der Waals surface area contributed by atoms with Gasteiger partial charge in [-0.05, 0) is 42.5 Å². The number of nitrogens with zero attached hydrogens (tertiary/aromatic N) is 1. The molecule has 0 atom stereocenters. The van der Waals surface area contributed by atoms with Gasteiger partial charge < -0.3 is 19.3 Å². The summed E-state index contributed by atoms with van der Waals surface area (Å²) in [6.07, 6.45) is 0.671. The van der Waals surface area contributed by atoms with Crippen LogP contribution >= 0.6 is 11.3 Å². The second-order valence-electron chi connectivity index (χ2n) is 5.64. The van der Waals surface area contributed by atoms with E-state index in [2.05, 4.69) is 10.5 Å². The first kappa shape index (κ1) is 18.0. The SMILES string of the molecule is COc1ccc(CCNC(=O)c2c(C)noc2-c2cccs2)cc1OC. The molecule has 3 aromatic rings. The first-order valence-electron chi connectivity index (χ1n) is 8.13. The first-order chi connectivity index (χ1) is 12.6. The zero-order valence-electron chi connectivity index (χ0n) is 14.9. The fraction of sp³-hybridized carbons (Fsp3) is 0.263. The minimum Gasteiger partial charge on any atom is -0.493 e. The average Bonchev–Trinajstić information content (AvgIpc) is 3.30. The summed E-state index contributed by atoms with van der Waals surface area (Å²) in [5, 5.41) is 8.81. The Morgan fingerprint density at radius 2 is 2.04 bits per heavy atom. The fourth-order valence-electron chi connectivity index (χ4n) is 2.66. The Balaban J connectivity index is 1.66. The summed E-state index contributed by atoms with van der Waals surface area (Å²) in [7, 11) is 3.20. The molecular formula is C19H20N2O4S. The molecule has 0 aliphatic rings. The Morgan fingerprint density at radius 1 is 1.23 bits per heavy atom. The summed E-state index contributed by atoms with van der Waals surface area (Å²) in [5.74, 6) is 1.68. The smallest absolute Gasteiger partial charge is 0.257 e. The highest BCUT2D eigenvalue weighted by atomic mass is 32.1. The average molecular weight is 372 g/mol. The first-order valence-corrected chi connectivity index (χ1v) is 9.01. The van der Waals surface area contributed by atoms with Crippen LogP contribution in [0.25, 0.3) is 10.6 Å². The summed E-state index contributed by atoms with van der Waals surface area (Å²) in [6.45, 7) is 2.26. The van der Waals surface area contributed by atoms with Crippen molar-refractivity contribution in [1.29, 1.82) is 0 Å². The van der Waals surface area contributed by atoms with Crippen LogP contribution in [-0.4, -0.2) is 31.8 Å². The predicted molar refractivity (Wildman–Crippen MR) is 100 cm³/mol. The number of nitrogens with one attached hydrogen (secondary N) is 1. The minimum atomic E-state index is -0.187. The third kappa shape index (κ3) is 3.72. The van der Waals surface area contributed by atoms with Crippen LogP contribution in [0.1, 0.15) is 21.6 Å². The van der Waals surface area contributed by atoms with Crippen LogP contribution in [-0.2, 0) is 6.42 Å². The molecule has 0 saturated heterocycles. The normalized spacial score (nSPS) is 10.6. The number of hydrogen-bond acceptors (Lipinski definition) is 6. The number of rotatable bonds is 7. The molecule has 0 unspecified atom stereocenters. The van der Waals surface area contributed by atoms with E-state index in [9.17, 15) is 4.79 Å². The van der Waals surface area contributed by atoms with E-state index in [1.165, 1.54) is 11.3 Å². The second kappa shape index (κ2) is 8.05. The molecule has 0 fully saturated rings.